The Kier molecular flexibility index (Phi) is 7.84. The van der Waals surface area contributed by atoms with E-state index in [-0.39, 0.29) is 37.0 Å². The molecule has 0 spiro atoms. The minimum Gasteiger partial charge on any atom is -0.508 e. The molecular formula is C21H26F4N2O2. The number of benzene rings is 1. The normalized spacial score (nSPS) is 18.2. The predicted octanol–water partition coefficient (Wildman–Crippen LogP) is 3.92. The minimum absolute atomic E-state index is 0.0152. The van der Waals surface area contributed by atoms with Crippen molar-refractivity contribution in [2.45, 2.75) is 44.1 Å². The number of carbonyl (C=O) groups excluding carboxylic acids is 1. The summed E-state index contributed by atoms with van der Waals surface area (Å²) in [6.07, 6.45) is -4.02. The first-order chi connectivity index (χ1) is 13.6. The number of rotatable bonds is 8. The summed E-state index contributed by atoms with van der Waals surface area (Å²) in [6.45, 7) is 0.377. The van der Waals surface area contributed by atoms with Gasteiger partial charge in [0, 0.05) is 25.4 Å². The van der Waals surface area contributed by atoms with Crippen molar-refractivity contribution in [3.8, 4) is 5.75 Å². The molecule has 4 nitrogen and oxygen atoms in total. The molecular weight excluding hydrogens is 388 g/mol. The molecule has 2 atom stereocenters. The Balaban J connectivity index is 1.85. The average molecular weight is 414 g/mol. The molecule has 8 heteroatoms. The number of carbonyl (C=O) groups is 1. The van der Waals surface area contributed by atoms with E-state index < -0.39 is 17.9 Å². The lowest BCUT2D eigenvalue weighted by Gasteiger charge is -2.25. The van der Waals surface area contributed by atoms with Crippen molar-refractivity contribution in [3.63, 3.8) is 0 Å². The van der Waals surface area contributed by atoms with Crippen LogP contribution in [-0.2, 0) is 11.2 Å². The summed E-state index contributed by atoms with van der Waals surface area (Å²) < 4.78 is 51.9. The largest absolute Gasteiger partial charge is 0.508 e. The fourth-order valence-corrected chi connectivity index (χ4v) is 3.08. The number of hydrogen-bond donors (Lipinski definition) is 2. The van der Waals surface area contributed by atoms with E-state index in [2.05, 4.69) is 5.32 Å². The number of phenolic OH excluding ortho intramolecular Hbond substituents is 1. The van der Waals surface area contributed by atoms with Crippen LogP contribution in [0.1, 0.15) is 24.8 Å². The first-order valence-electron chi connectivity index (χ1n) is 9.39. The van der Waals surface area contributed by atoms with E-state index >= 15 is 0 Å². The molecule has 1 unspecified atom stereocenters. The van der Waals surface area contributed by atoms with Crippen LogP contribution in [0.2, 0.25) is 0 Å². The number of nitrogens with zero attached hydrogens (tertiary/aromatic N) is 1. The molecule has 0 heterocycles. The van der Waals surface area contributed by atoms with Crippen LogP contribution in [0.3, 0.4) is 0 Å². The van der Waals surface area contributed by atoms with Crippen LogP contribution in [0, 0.1) is 0 Å². The fourth-order valence-electron chi connectivity index (χ4n) is 3.08. The third-order valence-corrected chi connectivity index (χ3v) is 4.91. The van der Waals surface area contributed by atoms with E-state index in [9.17, 15) is 27.5 Å². The molecule has 1 amide bonds. The molecule has 1 aliphatic carbocycles. The quantitative estimate of drug-likeness (QED) is 0.634. The van der Waals surface area contributed by atoms with Gasteiger partial charge in [0.2, 0.25) is 5.91 Å². The van der Waals surface area contributed by atoms with Crippen LogP contribution >= 0.6 is 0 Å². The highest BCUT2D eigenvalue weighted by atomic mass is 19.4. The Hall–Kier alpha value is -2.35. The van der Waals surface area contributed by atoms with Gasteiger partial charge in [-0.05, 0) is 50.7 Å². The van der Waals surface area contributed by atoms with E-state index in [1.165, 1.54) is 6.08 Å². The molecule has 1 aromatic rings. The lowest BCUT2D eigenvalue weighted by Crippen LogP contribution is -2.41. The first-order valence-corrected chi connectivity index (χ1v) is 9.39. The number of amides is 1. The van der Waals surface area contributed by atoms with Crippen molar-refractivity contribution < 1.29 is 27.5 Å². The number of nitrogens with one attached hydrogen (secondary N) is 1. The molecule has 160 valence electrons. The van der Waals surface area contributed by atoms with Crippen molar-refractivity contribution in [1.82, 2.24) is 10.2 Å². The number of alkyl halides is 4. The lowest BCUT2D eigenvalue weighted by molar-refractivity contribution is -0.121. The second-order valence-corrected chi connectivity index (χ2v) is 7.37. The lowest BCUT2D eigenvalue weighted by atomic mass is 9.94. The zero-order valence-electron chi connectivity index (χ0n) is 16.5. The zero-order valence-corrected chi connectivity index (χ0v) is 16.5. The Labute approximate surface area is 167 Å². The van der Waals surface area contributed by atoms with Gasteiger partial charge in [-0.1, -0.05) is 23.8 Å². The van der Waals surface area contributed by atoms with E-state index in [1.807, 2.05) is 31.1 Å². The Morgan fingerprint density at radius 1 is 1.28 bits per heavy atom. The Bertz CT molecular complexity index is 755. The SMILES string of the molecule is CN(C)[C@H](CNC(=O)CCC1=CCC(F)C(C(F)(F)F)=C1)Cc1ccc(O)cc1. The molecule has 2 rings (SSSR count). The minimum atomic E-state index is -4.70. The summed E-state index contributed by atoms with van der Waals surface area (Å²) in [5, 5.41) is 12.2. The van der Waals surface area contributed by atoms with Crippen LogP contribution in [0.25, 0.3) is 0 Å². The summed E-state index contributed by atoms with van der Waals surface area (Å²) >= 11 is 0. The molecule has 0 saturated heterocycles. The van der Waals surface area contributed by atoms with Gasteiger partial charge in [0.25, 0.3) is 0 Å². The van der Waals surface area contributed by atoms with Crippen LogP contribution < -0.4 is 5.32 Å². The van der Waals surface area contributed by atoms with Gasteiger partial charge in [-0.2, -0.15) is 13.2 Å². The molecule has 0 radical (unpaired) electrons. The van der Waals surface area contributed by atoms with Gasteiger partial charge < -0.3 is 15.3 Å². The maximum Gasteiger partial charge on any atom is 0.415 e. The Morgan fingerprint density at radius 2 is 1.93 bits per heavy atom. The topological polar surface area (TPSA) is 52.6 Å². The second-order valence-electron chi connectivity index (χ2n) is 7.37. The third-order valence-electron chi connectivity index (χ3n) is 4.91. The number of aromatic hydroxyl groups is 1. The van der Waals surface area contributed by atoms with Crippen molar-refractivity contribution in [2.24, 2.45) is 0 Å². The number of phenols is 1. The monoisotopic (exact) mass is 414 g/mol. The van der Waals surface area contributed by atoms with Gasteiger partial charge in [0.15, 0.2) is 0 Å². The molecule has 1 aromatic carbocycles. The predicted molar refractivity (Wildman–Crippen MR) is 103 cm³/mol. The molecule has 29 heavy (non-hydrogen) atoms. The van der Waals surface area contributed by atoms with Crippen molar-refractivity contribution >= 4 is 5.91 Å². The fraction of sp³-hybridized carbons (Fsp3) is 0.476. The van der Waals surface area contributed by atoms with Crippen molar-refractivity contribution in [2.75, 3.05) is 20.6 Å². The van der Waals surface area contributed by atoms with E-state index in [0.717, 1.165) is 11.6 Å². The molecule has 0 aromatic heterocycles. The molecule has 0 saturated carbocycles. The zero-order chi connectivity index (χ0) is 21.6. The average Bonchev–Trinajstić information content (AvgIpc) is 2.64. The molecule has 0 bridgehead atoms. The summed E-state index contributed by atoms with van der Waals surface area (Å²) in [5.74, 6) is -0.0879. The smallest absolute Gasteiger partial charge is 0.415 e. The van der Waals surface area contributed by atoms with Gasteiger partial charge in [-0.25, -0.2) is 4.39 Å². The van der Waals surface area contributed by atoms with Gasteiger partial charge in [0.05, 0.1) is 5.57 Å². The number of hydrogen-bond acceptors (Lipinski definition) is 3. The standard InChI is InChI=1S/C21H26F4N2O2/c1-27(2)16(11-14-3-7-17(28)8-4-14)13-26-20(29)10-6-15-5-9-19(22)18(12-15)21(23,24)25/h3-5,7-8,12,16,19,28H,6,9-11,13H2,1-2H3,(H,26,29)/t16-,19?/m0/s1. The van der Waals surface area contributed by atoms with Gasteiger partial charge in [-0.15, -0.1) is 0 Å². The summed E-state index contributed by atoms with van der Waals surface area (Å²) in [6, 6.07) is 6.84. The summed E-state index contributed by atoms with van der Waals surface area (Å²) in [7, 11) is 3.78. The van der Waals surface area contributed by atoms with Gasteiger partial charge >= 0.3 is 6.18 Å². The maximum atomic E-state index is 13.5. The summed E-state index contributed by atoms with van der Waals surface area (Å²) in [4.78, 5) is 14.1. The number of halogens is 4. The van der Waals surface area contributed by atoms with Crippen LogP contribution in [0.4, 0.5) is 17.6 Å². The van der Waals surface area contributed by atoms with Crippen LogP contribution in [0.5, 0.6) is 5.75 Å². The van der Waals surface area contributed by atoms with Gasteiger partial charge in [-0.3, -0.25) is 4.79 Å². The van der Waals surface area contributed by atoms with E-state index in [0.29, 0.717) is 18.5 Å². The molecule has 0 fully saturated rings. The number of allylic oxidation sites excluding steroid dienone is 4. The summed E-state index contributed by atoms with van der Waals surface area (Å²) in [5.41, 5.74) is 0.153. The Morgan fingerprint density at radius 3 is 2.52 bits per heavy atom. The van der Waals surface area contributed by atoms with Crippen molar-refractivity contribution in [1.29, 1.82) is 0 Å². The molecule has 0 aliphatic heterocycles. The van der Waals surface area contributed by atoms with Gasteiger partial charge in [0.1, 0.15) is 11.9 Å². The van der Waals surface area contributed by atoms with Crippen molar-refractivity contribution in [3.05, 3.63) is 53.1 Å². The van der Waals surface area contributed by atoms with Crippen LogP contribution in [-0.4, -0.2) is 54.9 Å². The van der Waals surface area contributed by atoms with Crippen LogP contribution in [0.15, 0.2) is 47.6 Å². The molecule has 2 N–H and O–H groups in total. The highest BCUT2D eigenvalue weighted by molar-refractivity contribution is 5.76. The molecule has 1 aliphatic rings. The first kappa shape index (κ1) is 22.9. The number of likely N-dealkylation sites (N-methyl/N-ethyl adjacent to an activating group) is 1. The van der Waals surface area contributed by atoms with E-state index in [4.69, 9.17) is 0 Å². The maximum absolute atomic E-state index is 13.5. The highest BCUT2D eigenvalue weighted by Gasteiger charge is 2.39. The second kappa shape index (κ2) is 9.91. The van der Waals surface area contributed by atoms with E-state index in [1.54, 1.807) is 12.1 Å². The highest BCUT2D eigenvalue weighted by Crippen LogP contribution is 2.35. The third kappa shape index (κ3) is 7.20.